The molecule has 0 saturated heterocycles. The van der Waals surface area contributed by atoms with Gasteiger partial charge in [0.05, 0.1) is 13.2 Å². The van der Waals surface area contributed by atoms with Crippen LogP contribution in [0.2, 0.25) is 0 Å². The monoisotopic (exact) mass is 347 g/mol. The van der Waals surface area contributed by atoms with Gasteiger partial charge in [-0.25, -0.2) is 4.79 Å². The van der Waals surface area contributed by atoms with Crippen LogP contribution in [-0.4, -0.2) is 42.6 Å². The number of ether oxygens (including phenoxy) is 1. The Labute approximate surface area is 143 Å². The molecule has 0 bridgehead atoms. The van der Waals surface area contributed by atoms with Gasteiger partial charge in [0.25, 0.3) is 5.56 Å². The van der Waals surface area contributed by atoms with Gasteiger partial charge in [-0.15, -0.1) is 0 Å². The van der Waals surface area contributed by atoms with Crippen LogP contribution in [0.15, 0.2) is 9.59 Å². The van der Waals surface area contributed by atoms with E-state index in [9.17, 15) is 14.4 Å². The fraction of sp³-hybridized carbons (Fsp3) is 0.500. The van der Waals surface area contributed by atoms with E-state index in [1.807, 2.05) is 18.4 Å². The summed E-state index contributed by atoms with van der Waals surface area (Å²) >= 11 is 0. The Morgan fingerprint density at radius 2 is 1.84 bits per heavy atom. The topological polar surface area (TPSA) is 92.5 Å². The van der Waals surface area contributed by atoms with Gasteiger partial charge in [0.2, 0.25) is 5.78 Å². The van der Waals surface area contributed by atoms with Crippen LogP contribution < -0.4 is 11.2 Å². The van der Waals surface area contributed by atoms with Crippen LogP contribution in [0.3, 0.4) is 0 Å². The highest BCUT2D eigenvalue weighted by molar-refractivity contribution is 5.78. The van der Waals surface area contributed by atoms with Crippen molar-refractivity contribution < 1.29 is 9.53 Å². The number of hydrogen-bond acceptors (Lipinski definition) is 5. The summed E-state index contributed by atoms with van der Waals surface area (Å²) in [5, 5.41) is 0. The molecule has 134 valence electrons. The van der Waals surface area contributed by atoms with Crippen molar-refractivity contribution >= 4 is 22.7 Å². The van der Waals surface area contributed by atoms with Crippen LogP contribution in [-0.2, 0) is 29.7 Å². The molecule has 0 saturated carbocycles. The fourth-order valence-corrected chi connectivity index (χ4v) is 3.13. The maximum absolute atomic E-state index is 12.9. The number of Topliss-reactive ketones (excluding diaryl/α,β-unsaturated/α-hetero) is 1. The third-order valence-electron chi connectivity index (χ3n) is 4.53. The van der Waals surface area contributed by atoms with Crippen molar-refractivity contribution in [2.75, 3.05) is 13.7 Å². The van der Waals surface area contributed by atoms with Crippen LogP contribution >= 0.6 is 0 Å². The molecule has 3 heterocycles. The first kappa shape index (κ1) is 17.2. The van der Waals surface area contributed by atoms with Crippen molar-refractivity contribution in [1.29, 1.82) is 0 Å². The predicted octanol–water partition coefficient (Wildman–Crippen LogP) is 0.00164. The first-order valence-corrected chi connectivity index (χ1v) is 7.95. The van der Waals surface area contributed by atoms with E-state index in [0.29, 0.717) is 30.1 Å². The van der Waals surface area contributed by atoms with Crippen molar-refractivity contribution in [1.82, 2.24) is 23.1 Å². The second-order valence-electron chi connectivity index (χ2n) is 6.17. The van der Waals surface area contributed by atoms with Gasteiger partial charge < -0.3 is 9.30 Å². The Morgan fingerprint density at radius 1 is 1.16 bits per heavy atom. The Bertz CT molecular complexity index is 1110. The van der Waals surface area contributed by atoms with E-state index in [1.54, 1.807) is 18.6 Å². The number of hydrogen-bond donors (Lipinski definition) is 0. The quantitative estimate of drug-likeness (QED) is 0.648. The van der Waals surface area contributed by atoms with Crippen molar-refractivity contribution in [2.24, 2.45) is 7.05 Å². The highest BCUT2D eigenvalue weighted by Crippen LogP contribution is 2.20. The summed E-state index contributed by atoms with van der Waals surface area (Å²) in [7, 11) is 3.17. The van der Waals surface area contributed by atoms with Gasteiger partial charge >= 0.3 is 5.69 Å². The third-order valence-corrected chi connectivity index (χ3v) is 4.53. The van der Waals surface area contributed by atoms with E-state index in [1.165, 1.54) is 11.5 Å². The van der Waals surface area contributed by atoms with E-state index in [-0.39, 0.29) is 12.3 Å². The Balaban J connectivity index is 2.46. The molecule has 9 nitrogen and oxygen atoms in total. The molecule has 0 unspecified atom stereocenters. The lowest BCUT2D eigenvalue weighted by Crippen LogP contribution is -2.40. The van der Waals surface area contributed by atoms with Crippen LogP contribution in [0.5, 0.6) is 0 Å². The SMILES string of the molecule is COCCn1c(C)c(C)n2c3c(=O)n(CC(C)=O)c(=O)n(C)c3nc12. The number of imidazole rings is 2. The maximum Gasteiger partial charge on any atom is 0.332 e. The molecule has 0 aromatic carbocycles. The van der Waals surface area contributed by atoms with Gasteiger partial charge in [0, 0.05) is 32.1 Å². The molecule has 3 aromatic rings. The van der Waals surface area contributed by atoms with Gasteiger partial charge in [-0.05, 0) is 20.8 Å². The number of nitrogens with zero attached hydrogens (tertiary/aromatic N) is 5. The molecule has 3 aromatic heterocycles. The molecule has 0 aliphatic rings. The molecule has 0 aliphatic carbocycles. The smallest absolute Gasteiger partial charge is 0.332 e. The summed E-state index contributed by atoms with van der Waals surface area (Å²) in [6.45, 7) is 6.02. The van der Waals surface area contributed by atoms with Crippen molar-refractivity contribution in [3.8, 4) is 0 Å². The second-order valence-corrected chi connectivity index (χ2v) is 6.17. The van der Waals surface area contributed by atoms with Crippen LogP contribution in [0.25, 0.3) is 16.9 Å². The number of rotatable bonds is 5. The largest absolute Gasteiger partial charge is 0.383 e. The zero-order valence-corrected chi connectivity index (χ0v) is 15.0. The Morgan fingerprint density at radius 3 is 2.44 bits per heavy atom. The summed E-state index contributed by atoms with van der Waals surface area (Å²) in [4.78, 5) is 41.3. The highest BCUT2D eigenvalue weighted by Gasteiger charge is 2.22. The molecule has 0 fully saturated rings. The normalized spacial score (nSPS) is 11.7. The molecule has 25 heavy (non-hydrogen) atoms. The van der Waals surface area contributed by atoms with E-state index >= 15 is 0 Å². The Hall–Kier alpha value is -2.68. The lowest BCUT2D eigenvalue weighted by molar-refractivity contribution is -0.117. The van der Waals surface area contributed by atoms with Crippen LogP contribution in [0, 0.1) is 13.8 Å². The van der Waals surface area contributed by atoms with Crippen molar-refractivity contribution in [3.05, 3.63) is 32.2 Å². The first-order chi connectivity index (χ1) is 11.8. The average molecular weight is 347 g/mol. The molecule has 0 radical (unpaired) electrons. The molecule has 0 amide bonds. The standard InChI is InChI=1S/C16H21N5O4/c1-9(22)8-20-14(23)12-13(18(4)16(20)24)17-15-19(6-7-25-5)10(2)11(3)21(12)15/h6-8H2,1-5H3. The Kier molecular flexibility index (Phi) is 4.11. The van der Waals surface area contributed by atoms with Crippen molar-refractivity contribution in [2.45, 2.75) is 33.9 Å². The lowest BCUT2D eigenvalue weighted by Gasteiger charge is -2.07. The third kappa shape index (κ3) is 2.42. The number of methoxy groups -OCH3 is 1. The average Bonchev–Trinajstić information content (AvgIpc) is 3.05. The van der Waals surface area contributed by atoms with Gasteiger partial charge in [-0.2, -0.15) is 4.98 Å². The van der Waals surface area contributed by atoms with E-state index < -0.39 is 11.2 Å². The fourth-order valence-electron chi connectivity index (χ4n) is 3.13. The minimum atomic E-state index is -0.550. The zero-order valence-electron chi connectivity index (χ0n) is 15.0. The number of carbonyl (C=O) groups excluding carboxylic acids is 1. The summed E-state index contributed by atoms with van der Waals surface area (Å²) in [5.74, 6) is 0.319. The van der Waals surface area contributed by atoms with E-state index in [4.69, 9.17) is 4.74 Å². The number of aromatic nitrogens is 5. The van der Waals surface area contributed by atoms with Gasteiger partial charge in [-0.3, -0.25) is 23.1 Å². The highest BCUT2D eigenvalue weighted by atomic mass is 16.5. The molecule has 0 aliphatic heterocycles. The molecule has 0 N–H and O–H groups in total. The van der Waals surface area contributed by atoms with Gasteiger partial charge in [0.15, 0.2) is 11.2 Å². The number of aryl methyl sites for hydroxylation is 2. The number of carbonyl (C=O) groups is 1. The molecule has 0 spiro atoms. The lowest BCUT2D eigenvalue weighted by atomic mass is 10.3. The molecule has 3 rings (SSSR count). The first-order valence-electron chi connectivity index (χ1n) is 7.95. The summed E-state index contributed by atoms with van der Waals surface area (Å²) in [6, 6.07) is 0. The summed E-state index contributed by atoms with van der Waals surface area (Å²) in [5.41, 5.74) is 1.37. The maximum atomic E-state index is 12.9. The number of fused-ring (bicyclic) bond motifs is 3. The molecule has 0 atom stereocenters. The predicted molar refractivity (Wildman–Crippen MR) is 92.2 cm³/mol. The van der Waals surface area contributed by atoms with Crippen LogP contribution in [0.4, 0.5) is 0 Å². The molecular formula is C16H21N5O4. The second kappa shape index (κ2) is 5.99. The summed E-state index contributed by atoms with van der Waals surface area (Å²) < 4.78 is 11.1. The molecule has 9 heteroatoms. The molecular weight excluding hydrogens is 326 g/mol. The van der Waals surface area contributed by atoms with E-state index in [2.05, 4.69) is 4.98 Å². The number of ketones is 1. The minimum Gasteiger partial charge on any atom is -0.383 e. The zero-order chi connectivity index (χ0) is 18.5. The van der Waals surface area contributed by atoms with Gasteiger partial charge in [0.1, 0.15) is 5.78 Å². The minimum absolute atomic E-state index is 0.253. The van der Waals surface area contributed by atoms with E-state index in [0.717, 1.165) is 16.0 Å². The van der Waals surface area contributed by atoms with Crippen molar-refractivity contribution in [3.63, 3.8) is 0 Å². The van der Waals surface area contributed by atoms with Gasteiger partial charge in [-0.1, -0.05) is 0 Å². The summed E-state index contributed by atoms with van der Waals surface area (Å²) in [6.07, 6.45) is 0. The van der Waals surface area contributed by atoms with Crippen LogP contribution in [0.1, 0.15) is 18.3 Å².